The van der Waals surface area contributed by atoms with E-state index in [2.05, 4.69) is 0 Å². The van der Waals surface area contributed by atoms with E-state index in [9.17, 15) is 13.2 Å². The summed E-state index contributed by atoms with van der Waals surface area (Å²) in [6, 6.07) is 10.8. The molecule has 0 radical (unpaired) electrons. The highest BCUT2D eigenvalue weighted by Crippen LogP contribution is 2.36. The average Bonchev–Trinajstić information content (AvgIpc) is 3.01. The largest absolute Gasteiger partial charge is 0.454 e. The molecule has 0 amide bonds. The first-order chi connectivity index (χ1) is 10.9. The third-order valence-corrected chi connectivity index (χ3v) is 5.44. The van der Waals surface area contributed by atoms with Gasteiger partial charge in [0.1, 0.15) is 0 Å². The molecule has 0 saturated carbocycles. The average molecular weight is 333 g/mol. The fourth-order valence-electron chi connectivity index (χ4n) is 2.24. The van der Waals surface area contributed by atoms with Crippen molar-refractivity contribution < 1.29 is 22.7 Å². The monoisotopic (exact) mass is 333 g/mol. The Labute approximate surface area is 134 Å². The molecule has 0 unspecified atom stereocenters. The van der Waals surface area contributed by atoms with Crippen LogP contribution in [0.4, 0.5) is 5.69 Å². The summed E-state index contributed by atoms with van der Waals surface area (Å²) in [5, 5.41) is 0. The minimum absolute atomic E-state index is 0.113. The van der Waals surface area contributed by atoms with E-state index in [4.69, 9.17) is 9.47 Å². The van der Waals surface area contributed by atoms with Gasteiger partial charge in [-0.1, -0.05) is 12.1 Å². The smallest absolute Gasteiger partial charge is 0.264 e. The molecule has 2 aromatic rings. The van der Waals surface area contributed by atoms with Gasteiger partial charge in [0.2, 0.25) is 6.79 Å². The van der Waals surface area contributed by atoms with Crippen LogP contribution in [-0.4, -0.2) is 28.0 Å². The maximum absolute atomic E-state index is 12.7. The van der Waals surface area contributed by atoms with Crippen molar-refractivity contribution in [2.45, 2.75) is 11.8 Å². The highest BCUT2D eigenvalue weighted by Gasteiger charge is 2.23. The summed E-state index contributed by atoms with van der Waals surface area (Å²) in [5.74, 6) is 0.986. The van der Waals surface area contributed by atoms with Crippen molar-refractivity contribution >= 4 is 21.5 Å². The van der Waals surface area contributed by atoms with Crippen LogP contribution in [-0.2, 0) is 10.0 Å². The van der Waals surface area contributed by atoms with E-state index >= 15 is 0 Å². The number of ether oxygens (including phenoxy) is 2. The fourth-order valence-corrected chi connectivity index (χ4v) is 3.43. The number of hydrogen-bond acceptors (Lipinski definition) is 5. The number of rotatable bonds is 4. The Hall–Kier alpha value is -2.54. The number of benzene rings is 2. The van der Waals surface area contributed by atoms with Crippen LogP contribution in [0.3, 0.4) is 0 Å². The van der Waals surface area contributed by atoms with E-state index in [0.717, 1.165) is 4.31 Å². The molecule has 1 aliphatic heterocycles. The molecule has 1 aliphatic rings. The van der Waals surface area contributed by atoms with Crippen LogP contribution >= 0.6 is 0 Å². The van der Waals surface area contributed by atoms with Crippen LogP contribution in [0.5, 0.6) is 11.5 Å². The molecule has 0 saturated heterocycles. The molecule has 0 N–H and O–H groups in total. The molecule has 7 heteroatoms. The van der Waals surface area contributed by atoms with E-state index in [0.29, 0.717) is 22.7 Å². The van der Waals surface area contributed by atoms with Gasteiger partial charge < -0.3 is 9.47 Å². The number of anilines is 1. The first-order valence-electron chi connectivity index (χ1n) is 6.89. The second-order valence-corrected chi connectivity index (χ2v) is 7.06. The first-order valence-corrected chi connectivity index (χ1v) is 8.33. The lowest BCUT2D eigenvalue weighted by Gasteiger charge is -2.20. The van der Waals surface area contributed by atoms with Gasteiger partial charge in [-0.3, -0.25) is 9.10 Å². The van der Waals surface area contributed by atoms with Crippen molar-refractivity contribution in [2.24, 2.45) is 0 Å². The van der Waals surface area contributed by atoms with Crippen LogP contribution < -0.4 is 13.8 Å². The molecule has 2 aromatic carbocycles. The number of Topliss-reactive ketones (excluding diaryl/α,β-unsaturated/α-hetero) is 1. The van der Waals surface area contributed by atoms with Crippen molar-refractivity contribution in [3.8, 4) is 11.5 Å². The molecule has 6 nitrogen and oxygen atoms in total. The molecular weight excluding hydrogens is 318 g/mol. The minimum atomic E-state index is -3.73. The summed E-state index contributed by atoms with van der Waals surface area (Å²) >= 11 is 0. The van der Waals surface area contributed by atoms with E-state index in [1.807, 2.05) is 0 Å². The number of fused-ring (bicyclic) bond motifs is 1. The molecular formula is C16H15NO5S. The Morgan fingerprint density at radius 3 is 2.35 bits per heavy atom. The van der Waals surface area contributed by atoms with Gasteiger partial charge in [-0.2, -0.15) is 0 Å². The predicted molar refractivity (Wildman–Crippen MR) is 84.6 cm³/mol. The van der Waals surface area contributed by atoms with Gasteiger partial charge >= 0.3 is 0 Å². The Kier molecular flexibility index (Phi) is 3.73. The van der Waals surface area contributed by atoms with Crippen molar-refractivity contribution in [1.29, 1.82) is 0 Å². The quantitative estimate of drug-likeness (QED) is 0.804. The summed E-state index contributed by atoms with van der Waals surface area (Å²) in [5.41, 5.74) is 0.930. The van der Waals surface area contributed by atoms with Crippen LogP contribution in [0.15, 0.2) is 47.4 Å². The van der Waals surface area contributed by atoms with E-state index < -0.39 is 10.0 Å². The van der Waals surface area contributed by atoms with Gasteiger partial charge in [0.05, 0.1) is 10.6 Å². The number of sulfonamides is 1. The summed E-state index contributed by atoms with van der Waals surface area (Å²) in [6.45, 7) is 1.56. The number of hydrogen-bond donors (Lipinski definition) is 0. The third-order valence-electron chi connectivity index (χ3n) is 3.64. The summed E-state index contributed by atoms with van der Waals surface area (Å²) in [7, 11) is -2.26. The summed E-state index contributed by atoms with van der Waals surface area (Å²) in [4.78, 5) is 11.4. The Morgan fingerprint density at radius 2 is 1.70 bits per heavy atom. The third kappa shape index (κ3) is 2.75. The topological polar surface area (TPSA) is 72.9 Å². The molecule has 0 aliphatic carbocycles. The Bertz CT molecular complexity index is 859. The molecule has 0 bridgehead atoms. The van der Waals surface area contributed by atoms with Crippen LogP contribution in [0.1, 0.15) is 17.3 Å². The van der Waals surface area contributed by atoms with Crippen molar-refractivity contribution in [1.82, 2.24) is 0 Å². The van der Waals surface area contributed by atoms with Crippen LogP contribution in [0, 0.1) is 0 Å². The normalized spacial score (nSPS) is 13.0. The van der Waals surface area contributed by atoms with Crippen LogP contribution in [0.2, 0.25) is 0 Å². The van der Waals surface area contributed by atoms with Crippen LogP contribution in [0.25, 0.3) is 0 Å². The summed E-state index contributed by atoms with van der Waals surface area (Å²) < 4.78 is 37.0. The SMILES string of the molecule is CC(=O)c1ccc(S(=O)(=O)N(C)c2ccc3c(c2)OCO3)cc1. The maximum atomic E-state index is 12.7. The lowest BCUT2D eigenvalue weighted by Crippen LogP contribution is -2.26. The molecule has 0 aromatic heterocycles. The molecule has 3 rings (SSSR count). The molecule has 0 atom stereocenters. The zero-order valence-electron chi connectivity index (χ0n) is 12.6. The lowest BCUT2D eigenvalue weighted by atomic mass is 10.2. The standard InChI is InChI=1S/C16H15NO5S/c1-11(18)12-3-6-14(7-4-12)23(19,20)17(2)13-5-8-15-16(9-13)22-10-21-15/h3-9H,10H2,1-2H3. The Balaban J connectivity index is 1.93. The molecule has 1 heterocycles. The minimum Gasteiger partial charge on any atom is -0.454 e. The van der Waals surface area contributed by atoms with E-state index in [1.165, 1.54) is 38.2 Å². The van der Waals surface area contributed by atoms with Crippen molar-refractivity contribution in [3.05, 3.63) is 48.0 Å². The first kappa shape index (κ1) is 15.4. The predicted octanol–water partition coefficient (Wildman–Crippen LogP) is 2.44. The lowest BCUT2D eigenvalue weighted by molar-refractivity contribution is 0.101. The molecule has 0 spiro atoms. The van der Waals surface area contributed by atoms with Gasteiger partial charge in [-0.15, -0.1) is 0 Å². The number of carbonyl (C=O) groups excluding carboxylic acids is 1. The molecule has 23 heavy (non-hydrogen) atoms. The Morgan fingerprint density at radius 1 is 1.04 bits per heavy atom. The van der Waals surface area contributed by atoms with Gasteiger partial charge in [0.15, 0.2) is 17.3 Å². The van der Waals surface area contributed by atoms with Gasteiger partial charge in [0.25, 0.3) is 10.0 Å². The van der Waals surface area contributed by atoms with Crippen molar-refractivity contribution in [3.63, 3.8) is 0 Å². The maximum Gasteiger partial charge on any atom is 0.264 e. The van der Waals surface area contributed by atoms with Gasteiger partial charge in [0, 0.05) is 18.7 Å². The zero-order chi connectivity index (χ0) is 16.6. The fraction of sp³-hybridized carbons (Fsp3) is 0.188. The number of ketones is 1. The van der Waals surface area contributed by atoms with Gasteiger partial charge in [-0.25, -0.2) is 8.42 Å². The molecule has 120 valence electrons. The van der Waals surface area contributed by atoms with E-state index in [1.54, 1.807) is 18.2 Å². The molecule has 0 fully saturated rings. The number of carbonyl (C=O) groups is 1. The highest BCUT2D eigenvalue weighted by molar-refractivity contribution is 7.92. The van der Waals surface area contributed by atoms with Crippen molar-refractivity contribution in [2.75, 3.05) is 18.1 Å². The number of nitrogens with zero attached hydrogens (tertiary/aromatic N) is 1. The summed E-state index contributed by atoms with van der Waals surface area (Å²) in [6.07, 6.45) is 0. The highest BCUT2D eigenvalue weighted by atomic mass is 32.2. The second-order valence-electron chi connectivity index (χ2n) is 5.09. The van der Waals surface area contributed by atoms with E-state index in [-0.39, 0.29) is 17.5 Å². The second kappa shape index (κ2) is 5.58. The van der Waals surface area contributed by atoms with Gasteiger partial charge in [-0.05, 0) is 31.2 Å². The zero-order valence-corrected chi connectivity index (χ0v) is 13.5.